The van der Waals surface area contributed by atoms with Crippen LogP contribution in [0, 0.1) is 0 Å². The van der Waals surface area contributed by atoms with E-state index in [4.69, 9.17) is 4.74 Å². The van der Waals surface area contributed by atoms with Crippen molar-refractivity contribution in [2.45, 2.75) is 25.8 Å². The van der Waals surface area contributed by atoms with Crippen molar-refractivity contribution in [3.05, 3.63) is 47.6 Å². The van der Waals surface area contributed by atoms with E-state index in [1.165, 1.54) is 22.9 Å². The fourth-order valence-corrected chi connectivity index (χ4v) is 4.99. The summed E-state index contributed by atoms with van der Waals surface area (Å²) in [5.41, 5.74) is 1.12. The lowest BCUT2D eigenvalue weighted by Gasteiger charge is -2.36. The van der Waals surface area contributed by atoms with Crippen LogP contribution in [0.2, 0.25) is 0 Å². The summed E-state index contributed by atoms with van der Waals surface area (Å²) in [6, 6.07) is 10.9. The molecule has 3 heterocycles. The van der Waals surface area contributed by atoms with E-state index < -0.39 is 0 Å². The predicted octanol–water partition coefficient (Wildman–Crippen LogP) is 4.40. The lowest BCUT2D eigenvalue weighted by atomic mass is 10.2. The lowest BCUT2D eigenvalue weighted by molar-refractivity contribution is 0.0751. The van der Waals surface area contributed by atoms with Crippen LogP contribution in [0.15, 0.2) is 42.7 Å². The third-order valence-corrected chi connectivity index (χ3v) is 6.67. The minimum absolute atomic E-state index is 0.164. The highest BCUT2D eigenvalue weighted by Gasteiger charge is 2.27. The zero-order valence-corrected chi connectivity index (χ0v) is 17.0. The molecule has 1 amide bonds. The number of para-hydroxylation sites is 2. The molecule has 0 atom stereocenters. The molecule has 1 aliphatic heterocycles. The Labute approximate surface area is 169 Å². The number of piperazine rings is 1. The monoisotopic (exact) mass is 395 g/mol. The lowest BCUT2D eigenvalue weighted by Crippen LogP contribution is -2.48. The largest absolute Gasteiger partial charge is 0.492 e. The van der Waals surface area contributed by atoms with Gasteiger partial charge in [-0.3, -0.25) is 4.79 Å². The van der Waals surface area contributed by atoms with E-state index in [0.717, 1.165) is 42.5 Å². The van der Waals surface area contributed by atoms with Gasteiger partial charge in [0.05, 0.1) is 21.9 Å². The molecule has 2 fully saturated rings. The topological polar surface area (TPSA) is 37.7 Å². The Morgan fingerprint density at radius 1 is 1.14 bits per heavy atom. The second-order valence-corrected chi connectivity index (χ2v) is 8.63. The van der Waals surface area contributed by atoms with Gasteiger partial charge < -0.3 is 19.1 Å². The maximum absolute atomic E-state index is 13.0. The Bertz CT molecular complexity index is 965. The second-order valence-electron chi connectivity index (χ2n) is 7.55. The van der Waals surface area contributed by atoms with Crippen molar-refractivity contribution < 1.29 is 9.53 Å². The number of ether oxygens (including phenoxy) is 1. The second kappa shape index (κ2) is 7.17. The van der Waals surface area contributed by atoms with E-state index in [0.29, 0.717) is 12.6 Å². The van der Waals surface area contributed by atoms with Crippen LogP contribution in [0.4, 0.5) is 5.69 Å². The maximum atomic E-state index is 13.0. The van der Waals surface area contributed by atoms with E-state index in [1.54, 1.807) is 11.3 Å². The zero-order valence-electron chi connectivity index (χ0n) is 16.1. The molecule has 0 radical (unpaired) electrons. The third kappa shape index (κ3) is 3.26. The molecule has 28 heavy (non-hydrogen) atoms. The van der Waals surface area contributed by atoms with Crippen LogP contribution in [-0.4, -0.2) is 48.2 Å². The molecule has 1 aliphatic carbocycles. The highest BCUT2D eigenvalue weighted by Crippen LogP contribution is 2.38. The van der Waals surface area contributed by atoms with Gasteiger partial charge >= 0.3 is 0 Å². The van der Waals surface area contributed by atoms with Gasteiger partial charge in [0.15, 0.2) is 0 Å². The number of thiophene rings is 1. The molecule has 2 aromatic heterocycles. The Morgan fingerprint density at radius 3 is 2.64 bits per heavy atom. The van der Waals surface area contributed by atoms with Gasteiger partial charge in [-0.25, -0.2) is 0 Å². The first kappa shape index (κ1) is 17.6. The molecule has 146 valence electrons. The van der Waals surface area contributed by atoms with Crippen molar-refractivity contribution in [1.29, 1.82) is 0 Å². The van der Waals surface area contributed by atoms with Gasteiger partial charge in [0.25, 0.3) is 5.91 Å². The molecule has 1 saturated heterocycles. The van der Waals surface area contributed by atoms with Crippen molar-refractivity contribution in [3.63, 3.8) is 0 Å². The Hall–Kier alpha value is -2.47. The molecule has 6 heteroatoms. The summed E-state index contributed by atoms with van der Waals surface area (Å²) in [5, 5.41) is 1.20. The molecular formula is C22H25N3O2S. The molecule has 0 spiro atoms. The number of anilines is 1. The van der Waals surface area contributed by atoms with E-state index in [2.05, 4.69) is 34.0 Å². The highest BCUT2D eigenvalue weighted by molar-refractivity contribution is 7.20. The van der Waals surface area contributed by atoms with E-state index in [1.807, 2.05) is 30.0 Å². The van der Waals surface area contributed by atoms with E-state index >= 15 is 0 Å². The molecule has 3 aromatic rings. The van der Waals surface area contributed by atoms with Crippen LogP contribution in [0.3, 0.4) is 0 Å². The summed E-state index contributed by atoms with van der Waals surface area (Å²) in [7, 11) is 0. The van der Waals surface area contributed by atoms with E-state index in [9.17, 15) is 4.79 Å². The number of hydrogen-bond acceptors (Lipinski definition) is 4. The van der Waals surface area contributed by atoms with Crippen LogP contribution in [0.5, 0.6) is 5.75 Å². The number of fused-ring (bicyclic) bond motifs is 1. The quantitative estimate of drug-likeness (QED) is 0.643. The molecule has 0 N–H and O–H groups in total. The Morgan fingerprint density at radius 2 is 1.93 bits per heavy atom. The molecule has 1 aromatic carbocycles. The van der Waals surface area contributed by atoms with Gasteiger partial charge in [0.1, 0.15) is 5.75 Å². The van der Waals surface area contributed by atoms with Gasteiger partial charge in [-0.15, -0.1) is 11.3 Å². The van der Waals surface area contributed by atoms with Crippen molar-refractivity contribution in [2.75, 3.05) is 37.7 Å². The molecule has 1 saturated carbocycles. The summed E-state index contributed by atoms with van der Waals surface area (Å²) < 4.78 is 9.30. The van der Waals surface area contributed by atoms with Gasteiger partial charge in [-0.05, 0) is 38.0 Å². The van der Waals surface area contributed by atoms with Gasteiger partial charge in [0, 0.05) is 50.0 Å². The van der Waals surface area contributed by atoms with Crippen LogP contribution >= 0.6 is 11.3 Å². The standard InChI is InChI=1S/C22H25N3O2S/c1-2-27-19-6-4-3-5-18(19)23-9-11-24(12-10-23)22(26)20-13-16-14-25(17-7-8-17)15-21(16)28-20/h3-6,13-15,17H,2,7-12H2,1H3. The van der Waals surface area contributed by atoms with Gasteiger partial charge in [-0.1, -0.05) is 12.1 Å². The van der Waals surface area contributed by atoms with Gasteiger partial charge in [0.2, 0.25) is 0 Å². The minimum Gasteiger partial charge on any atom is -0.492 e. The highest BCUT2D eigenvalue weighted by atomic mass is 32.1. The summed E-state index contributed by atoms with van der Waals surface area (Å²) in [6.07, 6.45) is 6.97. The number of amides is 1. The maximum Gasteiger partial charge on any atom is 0.264 e. The fraction of sp³-hybridized carbons (Fsp3) is 0.409. The van der Waals surface area contributed by atoms with Crippen molar-refractivity contribution in [1.82, 2.24) is 9.47 Å². The first-order valence-corrected chi connectivity index (χ1v) is 10.9. The third-order valence-electron chi connectivity index (χ3n) is 5.60. The number of hydrogen-bond donors (Lipinski definition) is 0. The van der Waals surface area contributed by atoms with Crippen LogP contribution in [-0.2, 0) is 0 Å². The minimum atomic E-state index is 0.164. The van der Waals surface area contributed by atoms with Crippen molar-refractivity contribution >= 4 is 33.0 Å². The predicted molar refractivity (Wildman–Crippen MR) is 114 cm³/mol. The molecule has 2 aliphatic rings. The number of carbonyl (C=O) groups excluding carboxylic acids is 1. The molecular weight excluding hydrogens is 370 g/mol. The zero-order chi connectivity index (χ0) is 19.1. The smallest absolute Gasteiger partial charge is 0.264 e. The first-order valence-electron chi connectivity index (χ1n) is 10.1. The summed E-state index contributed by atoms with van der Waals surface area (Å²) >= 11 is 1.63. The average molecular weight is 396 g/mol. The molecule has 5 rings (SSSR count). The SMILES string of the molecule is CCOc1ccccc1N1CCN(C(=O)c2cc3cn(C4CC4)cc3s2)CC1. The van der Waals surface area contributed by atoms with Crippen LogP contribution < -0.4 is 9.64 Å². The molecule has 0 unspecified atom stereocenters. The first-order chi connectivity index (χ1) is 13.7. The number of benzene rings is 1. The van der Waals surface area contributed by atoms with Crippen molar-refractivity contribution in [2.24, 2.45) is 0 Å². The Balaban J connectivity index is 1.26. The van der Waals surface area contributed by atoms with Crippen LogP contribution in [0.25, 0.3) is 10.1 Å². The van der Waals surface area contributed by atoms with Crippen LogP contribution in [0.1, 0.15) is 35.5 Å². The summed E-state index contributed by atoms with van der Waals surface area (Å²) in [4.78, 5) is 18.2. The summed E-state index contributed by atoms with van der Waals surface area (Å²) in [6.45, 7) is 5.80. The average Bonchev–Trinajstić information content (AvgIpc) is 3.38. The summed E-state index contributed by atoms with van der Waals surface area (Å²) in [5.74, 6) is 1.09. The normalized spacial score (nSPS) is 17.3. The fourth-order valence-electron chi connectivity index (χ4n) is 3.95. The Kier molecular flexibility index (Phi) is 4.51. The molecule has 0 bridgehead atoms. The molecule has 5 nitrogen and oxygen atoms in total. The van der Waals surface area contributed by atoms with Gasteiger partial charge in [-0.2, -0.15) is 0 Å². The number of carbonyl (C=O) groups is 1. The number of rotatable bonds is 5. The van der Waals surface area contributed by atoms with E-state index in [-0.39, 0.29) is 5.91 Å². The number of aromatic nitrogens is 1. The van der Waals surface area contributed by atoms with Crippen molar-refractivity contribution in [3.8, 4) is 5.75 Å². The number of nitrogens with zero attached hydrogens (tertiary/aromatic N) is 3.